The molecule has 1 N–H and O–H groups in total. The lowest BCUT2D eigenvalue weighted by molar-refractivity contribution is -0.295. The summed E-state index contributed by atoms with van der Waals surface area (Å²) < 4.78 is 5.45. The molecule has 1 saturated heterocycles. The standard InChI is InChI=1S/C19H27NO4/c1-5-8-15-16-14-10-7-6-9-13(14)11-12-20(16)24-19(15,22)17(21)23-18(2,3)4/h6-7,9-10,15-16,22H,5,8,11-12H2,1-4H3/t15-,16-,19-/m1/s1. The van der Waals surface area contributed by atoms with E-state index in [2.05, 4.69) is 12.1 Å². The Kier molecular flexibility index (Phi) is 4.45. The summed E-state index contributed by atoms with van der Waals surface area (Å²) in [7, 11) is 0. The number of carbonyl (C=O) groups is 1. The van der Waals surface area contributed by atoms with Crippen molar-refractivity contribution in [2.24, 2.45) is 5.92 Å². The lowest BCUT2D eigenvalue weighted by atomic mass is 9.80. The maximum absolute atomic E-state index is 12.7. The Bertz CT molecular complexity index is 624. The molecule has 1 fully saturated rings. The third-order valence-corrected chi connectivity index (χ3v) is 4.72. The van der Waals surface area contributed by atoms with Crippen LogP contribution in [0.2, 0.25) is 0 Å². The lowest BCUT2D eigenvalue weighted by Crippen LogP contribution is -2.48. The van der Waals surface area contributed by atoms with Crippen LogP contribution in [0.25, 0.3) is 0 Å². The Balaban J connectivity index is 1.97. The number of ether oxygens (including phenoxy) is 1. The van der Waals surface area contributed by atoms with Gasteiger partial charge in [0.15, 0.2) is 0 Å². The molecule has 3 rings (SSSR count). The van der Waals surface area contributed by atoms with Crippen molar-refractivity contribution in [1.82, 2.24) is 5.06 Å². The summed E-state index contributed by atoms with van der Waals surface area (Å²) in [6.45, 7) is 8.09. The molecule has 2 aliphatic heterocycles. The Morgan fingerprint density at radius 2 is 2.12 bits per heavy atom. The molecule has 0 radical (unpaired) electrons. The first-order valence-electron chi connectivity index (χ1n) is 8.75. The fraction of sp³-hybridized carbons (Fsp3) is 0.632. The zero-order chi connectivity index (χ0) is 17.5. The normalized spacial score (nSPS) is 29.9. The molecule has 1 aromatic carbocycles. The highest BCUT2D eigenvalue weighted by molar-refractivity contribution is 5.79. The van der Waals surface area contributed by atoms with Crippen molar-refractivity contribution in [3.05, 3.63) is 35.4 Å². The largest absolute Gasteiger partial charge is 0.456 e. The Hall–Kier alpha value is -1.43. The summed E-state index contributed by atoms with van der Waals surface area (Å²) in [5, 5.41) is 12.9. The molecule has 2 aliphatic rings. The van der Waals surface area contributed by atoms with E-state index in [0.717, 1.165) is 18.4 Å². The third kappa shape index (κ3) is 2.96. The fourth-order valence-electron chi connectivity index (χ4n) is 3.76. The van der Waals surface area contributed by atoms with E-state index in [1.807, 2.05) is 19.1 Å². The van der Waals surface area contributed by atoms with Crippen molar-refractivity contribution < 1.29 is 19.5 Å². The van der Waals surface area contributed by atoms with Crippen molar-refractivity contribution in [1.29, 1.82) is 0 Å². The SMILES string of the molecule is CCC[C@@H]1[C@H]2c3ccccc3CCN2O[C@@]1(O)C(=O)OC(C)(C)C. The van der Waals surface area contributed by atoms with E-state index < -0.39 is 17.4 Å². The van der Waals surface area contributed by atoms with Gasteiger partial charge in [0, 0.05) is 12.5 Å². The minimum absolute atomic E-state index is 0.118. The molecule has 132 valence electrons. The number of nitrogens with zero attached hydrogens (tertiary/aromatic N) is 1. The summed E-state index contributed by atoms with van der Waals surface area (Å²) in [6.07, 6.45) is 2.38. The van der Waals surface area contributed by atoms with E-state index in [4.69, 9.17) is 9.57 Å². The monoisotopic (exact) mass is 333 g/mol. The first-order valence-corrected chi connectivity index (χ1v) is 8.75. The second-order valence-electron chi connectivity index (χ2n) is 7.72. The zero-order valence-electron chi connectivity index (χ0n) is 14.9. The van der Waals surface area contributed by atoms with E-state index in [9.17, 15) is 9.90 Å². The molecule has 0 bridgehead atoms. The average Bonchev–Trinajstić information content (AvgIpc) is 2.80. The van der Waals surface area contributed by atoms with Gasteiger partial charge in [0.1, 0.15) is 5.60 Å². The van der Waals surface area contributed by atoms with E-state index in [1.54, 1.807) is 25.8 Å². The van der Waals surface area contributed by atoms with E-state index in [-0.39, 0.29) is 12.0 Å². The average molecular weight is 333 g/mol. The van der Waals surface area contributed by atoms with Gasteiger partial charge in [-0.3, -0.25) is 4.84 Å². The number of esters is 1. The van der Waals surface area contributed by atoms with Crippen molar-refractivity contribution in [2.75, 3.05) is 6.54 Å². The van der Waals surface area contributed by atoms with Crippen LogP contribution in [0, 0.1) is 5.92 Å². The second kappa shape index (κ2) is 6.14. The van der Waals surface area contributed by atoms with Crippen molar-refractivity contribution in [3.63, 3.8) is 0 Å². The van der Waals surface area contributed by atoms with Crippen LogP contribution in [0.3, 0.4) is 0 Å². The molecule has 0 saturated carbocycles. The summed E-state index contributed by atoms with van der Waals surface area (Å²) in [5.41, 5.74) is 1.73. The van der Waals surface area contributed by atoms with Gasteiger partial charge in [-0.25, -0.2) is 4.79 Å². The van der Waals surface area contributed by atoms with Crippen LogP contribution in [0.4, 0.5) is 0 Å². The summed E-state index contributed by atoms with van der Waals surface area (Å²) in [5.74, 6) is -2.97. The van der Waals surface area contributed by atoms with Crippen LogP contribution in [-0.4, -0.2) is 34.1 Å². The maximum atomic E-state index is 12.7. The number of hydroxylamine groups is 2. The highest BCUT2D eigenvalue weighted by Gasteiger charge is 2.60. The van der Waals surface area contributed by atoms with Crippen LogP contribution < -0.4 is 0 Å². The molecular weight excluding hydrogens is 306 g/mol. The van der Waals surface area contributed by atoms with Crippen molar-refractivity contribution in [3.8, 4) is 0 Å². The number of hydrogen-bond donors (Lipinski definition) is 1. The number of hydrogen-bond acceptors (Lipinski definition) is 5. The molecule has 5 heteroatoms. The van der Waals surface area contributed by atoms with E-state index in [1.165, 1.54) is 5.56 Å². The van der Waals surface area contributed by atoms with Crippen LogP contribution >= 0.6 is 0 Å². The van der Waals surface area contributed by atoms with Gasteiger partial charge in [-0.05, 0) is 44.7 Å². The Morgan fingerprint density at radius 3 is 2.79 bits per heavy atom. The quantitative estimate of drug-likeness (QED) is 0.862. The van der Waals surface area contributed by atoms with Crippen molar-refractivity contribution >= 4 is 5.97 Å². The Labute approximate surface area is 143 Å². The van der Waals surface area contributed by atoms with Gasteiger partial charge in [0.2, 0.25) is 0 Å². The van der Waals surface area contributed by atoms with Gasteiger partial charge < -0.3 is 9.84 Å². The van der Waals surface area contributed by atoms with Crippen LogP contribution in [0.1, 0.15) is 57.7 Å². The number of benzene rings is 1. The smallest absolute Gasteiger partial charge is 0.369 e. The predicted octanol–water partition coefficient (Wildman–Crippen LogP) is 2.98. The molecule has 0 unspecified atom stereocenters. The van der Waals surface area contributed by atoms with Gasteiger partial charge >= 0.3 is 5.97 Å². The molecule has 0 aromatic heterocycles. The fourth-order valence-corrected chi connectivity index (χ4v) is 3.76. The van der Waals surface area contributed by atoms with Gasteiger partial charge in [-0.2, -0.15) is 5.06 Å². The van der Waals surface area contributed by atoms with Gasteiger partial charge in [0.05, 0.1) is 6.04 Å². The highest BCUT2D eigenvalue weighted by Crippen LogP contribution is 2.50. The van der Waals surface area contributed by atoms with Gasteiger partial charge in [-0.1, -0.05) is 37.6 Å². The highest BCUT2D eigenvalue weighted by atomic mass is 16.8. The molecule has 2 heterocycles. The maximum Gasteiger partial charge on any atom is 0.369 e. The number of carbonyl (C=O) groups excluding carboxylic acids is 1. The van der Waals surface area contributed by atoms with Crippen LogP contribution in [0.15, 0.2) is 24.3 Å². The second-order valence-corrected chi connectivity index (χ2v) is 7.72. The number of rotatable bonds is 3. The van der Waals surface area contributed by atoms with Gasteiger partial charge in [-0.15, -0.1) is 0 Å². The molecule has 0 spiro atoms. The lowest BCUT2D eigenvalue weighted by Gasteiger charge is -2.32. The molecular formula is C19H27NO4. The molecule has 24 heavy (non-hydrogen) atoms. The van der Waals surface area contributed by atoms with Crippen molar-refractivity contribution in [2.45, 2.75) is 64.4 Å². The number of aliphatic hydroxyl groups is 1. The van der Waals surface area contributed by atoms with Crippen LogP contribution in [-0.2, 0) is 20.8 Å². The topological polar surface area (TPSA) is 59.0 Å². The zero-order valence-corrected chi connectivity index (χ0v) is 14.9. The third-order valence-electron chi connectivity index (χ3n) is 4.72. The minimum Gasteiger partial charge on any atom is -0.456 e. The first-order chi connectivity index (χ1) is 11.3. The molecule has 0 aliphatic carbocycles. The molecule has 3 atom stereocenters. The molecule has 5 nitrogen and oxygen atoms in total. The first kappa shape index (κ1) is 17.4. The van der Waals surface area contributed by atoms with E-state index >= 15 is 0 Å². The van der Waals surface area contributed by atoms with E-state index in [0.29, 0.717) is 13.0 Å². The number of fused-ring (bicyclic) bond motifs is 3. The summed E-state index contributed by atoms with van der Waals surface area (Å²) in [4.78, 5) is 18.5. The van der Waals surface area contributed by atoms with Crippen LogP contribution in [0.5, 0.6) is 0 Å². The minimum atomic E-state index is -1.93. The summed E-state index contributed by atoms with van der Waals surface area (Å²) >= 11 is 0. The molecule has 0 amide bonds. The van der Waals surface area contributed by atoms with Gasteiger partial charge in [0.25, 0.3) is 5.79 Å². The summed E-state index contributed by atoms with van der Waals surface area (Å²) in [6, 6.07) is 8.09. The Morgan fingerprint density at radius 1 is 1.42 bits per heavy atom. The predicted molar refractivity (Wildman–Crippen MR) is 89.9 cm³/mol. The molecule has 1 aromatic rings.